The molecule has 0 aliphatic carbocycles. The standard InChI is InChI=1S/C23H27F3N6/c1-30(2)22-27-13-19(17-7-9-18(10-8-17)23(24,25)26)21(29-22)20-6-4-5-11-32(20)15-16-12-28-31(3)14-16/h7-10,12-14,20H,4-6,11,15H2,1-3H3/t20-/m1/s1. The number of piperidine rings is 1. The summed E-state index contributed by atoms with van der Waals surface area (Å²) < 4.78 is 40.9. The lowest BCUT2D eigenvalue weighted by molar-refractivity contribution is -0.137. The SMILES string of the molecule is CN(C)c1ncc(-c2ccc(C(F)(F)F)cc2)c([C@H]2CCCCN2Cc2cnn(C)c2)n1. The number of halogens is 3. The van der Waals surface area contributed by atoms with E-state index < -0.39 is 11.7 Å². The van der Waals surface area contributed by atoms with Gasteiger partial charge in [-0.2, -0.15) is 18.3 Å². The first kappa shape index (κ1) is 22.3. The van der Waals surface area contributed by atoms with Crippen molar-refractivity contribution in [2.75, 3.05) is 25.5 Å². The first-order valence-corrected chi connectivity index (χ1v) is 10.7. The summed E-state index contributed by atoms with van der Waals surface area (Å²) in [6.07, 6.45) is 4.34. The van der Waals surface area contributed by atoms with Crippen molar-refractivity contribution >= 4 is 5.95 Å². The fraction of sp³-hybridized carbons (Fsp3) is 0.435. The lowest BCUT2D eigenvalue weighted by Gasteiger charge is -2.36. The van der Waals surface area contributed by atoms with Gasteiger partial charge in [0, 0.05) is 51.2 Å². The molecule has 0 N–H and O–H groups in total. The Labute approximate surface area is 185 Å². The molecule has 4 rings (SSSR count). The van der Waals surface area contributed by atoms with E-state index in [0.717, 1.165) is 61.3 Å². The zero-order valence-corrected chi connectivity index (χ0v) is 18.5. The number of aryl methyl sites for hydroxylation is 1. The van der Waals surface area contributed by atoms with Gasteiger partial charge >= 0.3 is 6.18 Å². The van der Waals surface area contributed by atoms with Crippen molar-refractivity contribution in [3.05, 3.63) is 59.7 Å². The Hall–Kier alpha value is -2.94. The Balaban J connectivity index is 1.74. The molecule has 2 aromatic heterocycles. The van der Waals surface area contributed by atoms with Crippen LogP contribution in [0, 0.1) is 0 Å². The summed E-state index contributed by atoms with van der Waals surface area (Å²) in [5.41, 5.74) is 2.77. The van der Waals surface area contributed by atoms with Crippen LogP contribution in [0.1, 0.15) is 42.1 Å². The first-order chi connectivity index (χ1) is 15.2. The van der Waals surface area contributed by atoms with Crippen molar-refractivity contribution in [1.29, 1.82) is 0 Å². The Morgan fingerprint density at radius 1 is 1.09 bits per heavy atom. The van der Waals surface area contributed by atoms with Gasteiger partial charge in [-0.3, -0.25) is 9.58 Å². The molecular weight excluding hydrogens is 417 g/mol. The van der Waals surface area contributed by atoms with Crippen molar-refractivity contribution in [2.24, 2.45) is 7.05 Å². The summed E-state index contributed by atoms with van der Waals surface area (Å²) in [5.74, 6) is 0.586. The zero-order chi connectivity index (χ0) is 22.9. The molecule has 1 aliphatic rings. The van der Waals surface area contributed by atoms with Crippen molar-refractivity contribution in [1.82, 2.24) is 24.6 Å². The minimum absolute atomic E-state index is 0.0444. The summed E-state index contributed by atoms with van der Waals surface area (Å²) in [4.78, 5) is 13.6. The molecule has 1 aliphatic heterocycles. The highest BCUT2D eigenvalue weighted by atomic mass is 19.4. The topological polar surface area (TPSA) is 50.1 Å². The van der Waals surface area contributed by atoms with E-state index in [-0.39, 0.29) is 6.04 Å². The number of benzene rings is 1. The normalized spacial score (nSPS) is 17.5. The van der Waals surface area contributed by atoms with E-state index in [1.807, 2.05) is 38.4 Å². The maximum atomic E-state index is 13.1. The molecule has 0 spiro atoms. The number of rotatable bonds is 5. The van der Waals surface area contributed by atoms with Crippen molar-refractivity contribution in [2.45, 2.75) is 38.0 Å². The molecule has 6 nitrogen and oxygen atoms in total. The summed E-state index contributed by atoms with van der Waals surface area (Å²) in [6, 6.07) is 5.30. The van der Waals surface area contributed by atoms with Gasteiger partial charge in [-0.05, 0) is 37.1 Å². The van der Waals surface area contributed by atoms with Crippen LogP contribution in [-0.2, 0) is 19.8 Å². The molecule has 170 valence electrons. The quantitative estimate of drug-likeness (QED) is 0.572. The van der Waals surface area contributed by atoms with E-state index in [2.05, 4.69) is 15.0 Å². The number of anilines is 1. The number of likely N-dealkylation sites (tertiary alicyclic amines) is 1. The van der Waals surface area contributed by atoms with E-state index in [1.54, 1.807) is 10.9 Å². The van der Waals surface area contributed by atoms with Crippen molar-refractivity contribution < 1.29 is 13.2 Å². The number of alkyl halides is 3. The Morgan fingerprint density at radius 2 is 1.84 bits per heavy atom. The maximum Gasteiger partial charge on any atom is 0.416 e. The van der Waals surface area contributed by atoms with Gasteiger partial charge in [0.05, 0.1) is 23.5 Å². The van der Waals surface area contributed by atoms with Crippen molar-refractivity contribution in [3.8, 4) is 11.1 Å². The Morgan fingerprint density at radius 3 is 2.47 bits per heavy atom. The van der Waals surface area contributed by atoms with Gasteiger partial charge in [-0.15, -0.1) is 0 Å². The maximum absolute atomic E-state index is 13.1. The van der Waals surface area contributed by atoms with Crippen LogP contribution in [0.5, 0.6) is 0 Å². The van der Waals surface area contributed by atoms with Gasteiger partial charge in [0.1, 0.15) is 0 Å². The van der Waals surface area contributed by atoms with E-state index in [9.17, 15) is 13.2 Å². The highest BCUT2D eigenvalue weighted by Crippen LogP contribution is 2.38. The zero-order valence-electron chi connectivity index (χ0n) is 18.5. The summed E-state index contributed by atoms with van der Waals surface area (Å²) >= 11 is 0. The van der Waals surface area contributed by atoms with E-state index in [0.29, 0.717) is 11.5 Å². The van der Waals surface area contributed by atoms with Gasteiger partial charge in [-0.25, -0.2) is 9.97 Å². The molecule has 3 heterocycles. The third-order valence-corrected chi connectivity index (χ3v) is 5.80. The average molecular weight is 445 g/mol. The van der Waals surface area contributed by atoms with Crippen LogP contribution in [0.25, 0.3) is 11.1 Å². The van der Waals surface area contributed by atoms with Crippen LogP contribution in [0.4, 0.5) is 19.1 Å². The third kappa shape index (κ3) is 4.77. The molecule has 9 heteroatoms. The minimum Gasteiger partial charge on any atom is -0.347 e. The van der Waals surface area contributed by atoms with Crippen molar-refractivity contribution in [3.63, 3.8) is 0 Å². The van der Waals surface area contributed by atoms with Gasteiger partial charge in [-0.1, -0.05) is 18.6 Å². The van der Waals surface area contributed by atoms with Crippen LogP contribution in [-0.4, -0.2) is 45.3 Å². The molecular formula is C23H27F3N6. The fourth-order valence-electron chi connectivity index (χ4n) is 4.19. The molecule has 0 bridgehead atoms. The van der Waals surface area contributed by atoms with Crippen LogP contribution in [0.15, 0.2) is 42.9 Å². The van der Waals surface area contributed by atoms with Gasteiger partial charge in [0.25, 0.3) is 0 Å². The summed E-state index contributed by atoms with van der Waals surface area (Å²) in [7, 11) is 5.66. The monoisotopic (exact) mass is 444 g/mol. The molecule has 0 saturated carbocycles. The van der Waals surface area contributed by atoms with Crippen LogP contribution in [0.2, 0.25) is 0 Å². The van der Waals surface area contributed by atoms with E-state index >= 15 is 0 Å². The molecule has 0 amide bonds. The molecule has 1 saturated heterocycles. The van der Waals surface area contributed by atoms with Crippen LogP contribution < -0.4 is 4.90 Å². The number of hydrogen-bond acceptors (Lipinski definition) is 5. The van der Waals surface area contributed by atoms with Crippen LogP contribution >= 0.6 is 0 Å². The third-order valence-electron chi connectivity index (χ3n) is 5.80. The largest absolute Gasteiger partial charge is 0.416 e. The fourth-order valence-corrected chi connectivity index (χ4v) is 4.19. The molecule has 1 aromatic carbocycles. The molecule has 0 unspecified atom stereocenters. The lowest BCUT2D eigenvalue weighted by Crippen LogP contribution is -2.34. The highest BCUT2D eigenvalue weighted by molar-refractivity contribution is 5.67. The van der Waals surface area contributed by atoms with E-state index in [1.165, 1.54) is 12.1 Å². The molecule has 1 fully saturated rings. The summed E-state index contributed by atoms with van der Waals surface area (Å²) in [5, 5.41) is 4.28. The number of nitrogens with zero attached hydrogens (tertiary/aromatic N) is 6. The first-order valence-electron chi connectivity index (χ1n) is 10.7. The highest BCUT2D eigenvalue weighted by Gasteiger charge is 2.31. The average Bonchev–Trinajstić information content (AvgIpc) is 3.18. The second-order valence-corrected chi connectivity index (χ2v) is 8.44. The number of aromatic nitrogens is 4. The van der Waals surface area contributed by atoms with E-state index in [4.69, 9.17) is 4.98 Å². The van der Waals surface area contributed by atoms with Gasteiger partial charge in [0.15, 0.2) is 0 Å². The Kier molecular flexibility index (Phi) is 6.19. The predicted octanol–water partition coefficient (Wildman–Crippen LogP) is 4.69. The molecule has 3 aromatic rings. The molecule has 32 heavy (non-hydrogen) atoms. The van der Waals surface area contributed by atoms with Gasteiger partial charge < -0.3 is 4.90 Å². The lowest BCUT2D eigenvalue weighted by atomic mass is 9.93. The minimum atomic E-state index is -4.36. The second kappa shape index (κ2) is 8.90. The number of hydrogen-bond donors (Lipinski definition) is 0. The van der Waals surface area contributed by atoms with Gasteiger partial charge in [0.2, 0.25) is 5.95 Å². The second-order valence-electron chi connectivity index (χ2n) is 8.44. The summed E-state index contributed by atoms with van der Waals surface area (Å²) in [6.45, 7) is 1.67. The smallest absolute Gasteiger partial charge is 0.347 e. The molecule has 0 radical (unpaired) electrons. The predicted molar refractivity (Wildman–Crippen MR) is 117 cm³/mol. The Bertz CT molecular complexity index is 1060. The van der Waals surface area contributed by atoms with Crippen LogP contribution in [0.3, 0.4) is 0 Å². The molecule has 1 atom stereocenters.